The van der Waals surface area contributed by atoms with Crippen LogP contribution in [0.1, 0.15) is 0 Å². The van der Waals surface area contributed by atoms with Gasteiger partial charge >= 0.3 is 6.03 Å². The topological polar surface area (TPSA) is 75.4 Å². The van der Waals surface area contributed by atoms with E-state index in [1.807, 2.05) is 5.32 Å². The molecule has 0 aliphatic rings. The lowest BCUT2D eigenvalue weighted by Gasteiger charge is -2.09. The molecule has 0 bridgehead atoms. The molecule has 0 spiro atoms. The number of amides is 2. The molecule has 0 aliphatic carbocycles. The van der Waals surface area contributed by atoms with E-state index in [-0.39, 0.29) is 0 Å². The normalized spacial score (nSPS) is 13.3. The molecular formula is C3H6Cl2N2O2. The molecule has 0 fully saturated rings. The van der Waals surface area contributed by atoms with E-state index in [1.54, 1.807) is 0 Å². The summed E-state index contributed by atoms with van der Waals surface area (Å²) in [6.07, 6.45) is -1.30. The summed E-state index contributed by atoms with van der Waals surface area (Å²) in [6.45, 7) is 0. The first-order chi connectivity index (χ1) is 4.04. The number of carbonyl (C=O) groups is 1. The molecule has 4 nitrogen and oxygen atoms in total. The van der Waals surface area contributed by atoms with Crippen LogP contribution in [0, 0.1) is 0 Å². The van der Waals surface area contributed by atoms with Gasteiger partial charge in [-0.2, -0.15) is 0 Å². The van der Waals surface area contributed by atoms with Crippen LogP contribution >= 0.6 is 23.2 Å². The van der Waals surface area contributed by atoms with Crippen LogP contribution in [0.3, 0.4) is 0 Å². The number of aliphatic hydroxyl groups excluding tert-OH is 1. The van der Waals surface area contributed by atoms with Crippen molar-refractivity contribution in [2.75, 3.05) is 0 Å². The lowest BCUT2D eigenvalue weighted by molar-refractivity contribution is 0.155. The van der Waals surface area contributed by atoms with Crippen LogP contribution < -0.4 is 11.1 Å². The van der Waals surface area contributed by atoms with Gasteiger partial charge < -0.3 is 16.2 Å². The monoisotopic (exact) mass is 172 g/mol. The summed E-state index contributed by atoms with van der Waals surface area (Å²) in [4.78, 5) is 8.89. The van der Waals surface area contributed by atoms with Gasteiger partial charge in [-0.05, 0) is 0 Å². The molecule has 0 aliphatic heterocycles. The van der Waals surface area contributed by atoms with Crippen molar-refractivity contribution in [3.63, 3.8) is 0 Å². The minimum atomic E-state index is -1.30. The highest BCUT2D eigenvalue weighted by molar-refractivity contribution is 6.44. The number of hydrogen-bond acceptors (Lipinski definition) is 2. The summed E-state index contributed by atoms with van der Waals surface area (Å²) in [7, 11) is 0. The maximum atomic E-state index is 9.95. The minimum absolute atomic E-state index is 0.867. The molecule has 9 heavy (non-hydrogen) atoms. The Morgan fingerprint density at radius 2 is 2.11 bits per heavy atom. The molecule has 0 aromatic rings. The number of nitrogens with two attached hydrogens (primary N) is 1. The van der Waals surface area contributed by atoms with Gasteiger partial charge in [0.05, 0.1) is 0 Å². The zero-order valence-corrected chi connectivity index (χ0v) is 5.86. The van der Waals surface area contributed by atoms with Crippen molar-refractivity contribution >= 4 is 29.2 Å². The SMILES string of the molecule is NC(=O)N[C@H](O)C(Cl)Cl. The Morgan fingerprint density at radius 1 is 1.67 bits per heavy atom. The van der Waals surface area contributed by atoms with Crippen molar-refractivity contribution in [2.24, 2.45) is 5.73 Å². The Bertz CT molecular complexity index is 108. The number of hydrogen-bond donors (Lipinski definition) is 3. The molecule has 6 heteroatoms. The molecule has 0 heterocycles. The van der Waals surface area contributed by atoms with Crippen molar-refractivity contribution in [3.05, 3.63) is 0 Å². The first-order valence-electron chi connectivity index (χ1n) is 2.06. The summed E-state index contributed by atoms with van der Waals surface area (Å²) in [5.41, 5.74) is 4.60. The van der Waals surface area contributed by atoms with Crippen LogP contribution in [-0.2, 0) is 0 Å². The van der Waals surface area contributed by atoms with E-state index in [9.17, 15) is 4.79 Å². The third kappa shape index (κ3) is 4.32. The Balaban J connectivity index is 3.50. The maximum absolute atomic E-state index is 9.95. The van der Waals surface area contributed by atoms with Crippen LogP contribution in [0.5, 0.6) is 0 Å². The lowest BCUT2D eigenvalue weighted by Crippen LogP contribution is -2.42. The highest BCUT2D eigenvalue weighted by Crippen LogP contribution is 2.04. The van der Waals surface area contributed by atoms with E-state index >= 15 is 0 Å². The third-order valence-corrected chi connectivity index (χ3v) is 1.01. The quantitative estimate of drug-likeness (QED) is 0.398. The Hall–Kier alpha value is -0.190. The van der Waals surface area contributed by atoms with Crippen LogP contribution in [0.15, 0.2) is 0 Å². The molecule has 0 unspecified atom stereocenters. The molecule has 0 rings (SSSR count). The number of aliphatic hydroxyl groups is 1. The minimum Gasteiger partial charge on any atom is -0.371 e. The maximum Gasteiger partial charge on any atom is 0.314 e. The predicted molar refractivity (Wildman–Crippen MR) is 34.2 cm³/mol. The van der Waals surface area contributed by atoms with Gasteiger partial charge in [-0.15, -0.1) is 23.2 Å². The first kappa shape index (κ1) is 8.81. The molecule has 4 N–H and O–H groups in total. The zero-order valence-electron chi connectivity index (χ0n) is 4.34. The average Bonchev–Trinajstić information content (AvgIpc) is 1.63. The molecule has 2 amide bonds. The van der Waals surface area contributed by atoms with E-state index in [0.29, 0.717) is 0 Å². The molecule has 1 atom stereocenters. The third-order valence-electron chi connectivity index (χ3n) is 0.529. The predicted octanol–water partition coefficient (Wildman–Crippen LogP) is -0.223. The van der Waals surface area contributed by atoms with Crippen LogP contribution in [0.2, 0.25) is 0 Å². The molecule has 0 aromatic heterocycles. The fraction of sp³-hybridized carbons (Fsp3) is 0.667. The fourth-order valence-corrected chi connectivity index (χ4v) is 0.335. The van der Waals surface area contributed by atoms with E-state index in [2.05, 4.69) is 5.73 Å². The second-order valence-corrected chi connectivity index (χ2v) is 2.45. The zero-order chi connectivity index (χ0) is 7.44. The van der Waals surface area contributed by atoms with Gasteiger partial charge in [0.25, 0.3) is 0 Å². The summed E-state index contributed by atoms with van der Waals surface area (Å²) < 4.78 is 0. The molecule has 0 radical (unpaired) electrons. The first-order valence-corrected chi connectivity index (χ1v) is 2.93. The van der Waals surface area contributed by atoms with Gasteiger partial charge in [-0.25, -0.2) is 4.79 Å². The summed E-state index contributed by atoms with van der Waals surface area (Å²) in [5.74, 6) is 0. The van der Waals surface area contributed by atoms with Gasteiger partial charge in [0.1, 0.15) is 0 Å². The second-order valence-electron chi connectivity index (χ2n) is 1.29. The fourth-order valence-electron chi connectivity index (χ4n) is 0.209. The van der Waals surface area contributed by atoms with Crippen LogP contribution in [0.4, 0.5) is 4.79 Å². The van der Waals surface area contributed by atoms with Gasteiger partial charge in [0.2, 0.25) is 0 Å². The molecular weight excluding hydrogens is 167 g/mol. The Labute approximate surface area is 61.9 Å². The van der Waals surface area contributed by atoms with Crippen LogP contribution in [0.25, 0.3) is 0 Å². The van der Waals surface area contributed by atoms with Crippen molar-refractivity contribution in [3.8, 4) is 0 Å². The van der Waals surface area contributed by atoms with Crippen LogP contribution in [-0.4, -0.2) is 22.2 Å². The lowest BCUT2D eigenvalue weighted by atomic mass is 10.6. The Kier molecular flexibility index (Phi) is 3.68. The number of urea groups is 1. The highest BCUT2D eigenvalue weighted by atomic mass is 35.5. The van der Waals surface area contributed by atoms with Crippen molar-refractivity contribution in [1.82, 2.24) is 5.32 Å². The average molecular weight is 173 g/mol. The summed E-state index contributed by atoms with van der Waals surface area (Å²) in [6, 6.07) is -0.867. The van der Waals surface area contributed by atoms with Gasteiger partial charge in [0, 0.05) is 0 Å². The summed E-state index contributed by atoms with van der Waals surface area (Å²) >= 11 is 10.2. The number of primary amides is 1. The number of alkyl halides is 2. The standard InChI is InChI=1S/C3H6Cl2N2O2/c4-1(5)2(8)7-3(6)9/h1-2,8H,(H3,6,7,9)/t2-/m1/s1. The molecule has 0 aromatic carbocycles. The Morgan fingerprint density at radius 3 is 2.22 bits per heavy atom. The largest absolute Gasteiger partial charge is 0.371 e. The molecule has 0 saturated heterocycles. The smallest absolute Gasteiger partial charge is 0.314 e. The van der Waals surface area contributed by atoms with Crippen molar-refractivity contribution in [1.29, 1.82) is 0 Å². The molecule has 54 valence electrons. The van der Waals surface area contributed by atoms with E-state index in [4.69, 9.17) is 28.3 Å². The summed E-state index contributed by atoms with van der Waals surface area (Å²) in [5, 5.41) is 10.5. The van der Waals surface area contributed by atoms with E-state index in [1.165, 1.54) is 0 Å². The van der Waals surface area contributed by atoms with Crippen molar-refractivity contribution < 1.29 is 9.90 Å². The van der Waals surface area contributed by atoms with Gasteiger partial charge in [-0.1, -0.05) is 0 Å². The van der Waals surface area contributed by atoms with E-state index in [0.717, 1.165) is 0 Å². The van der Waals surface area contributed by atoms with Gasteiger partial charge in [0.15, 0.2) is 11.1 Å². The number of halogens is 2. The number of rotatable bonds is 2. The van der Waals surface area contributed by atoms with E-state index < -0.39 is 17.1 Å². The number of nitrogens with one attached hydrogen (secondary N) is 1. The van der Waals surface area contributed by atoms with Crippen molar-refractivity contribution in [2.45, 2.75) is 11.1 Å². The van der Waals surface area contributed by atoms with Gasteiger partial charge in [-0.3, -0.25) is 0 Å². The second kappa shape index (κ2) is 3.76. The highest BCUT2D eigenvalue weighted by Gasteiger charge is 2.13. The molecule has 0 saturated carbocycles. The number of carbonyl (C=O) groups excluding carboxylic acids is 1.